The van der Waals surface area contributed by atoms with Crippen molar-refractivity contribution in [1.29, 1.82) is 0 Å². The summed E-state index contributed by atoms with van der Waals surface area (Å²) in [5.74, 6) is 0.0123. The molecule has 0 radical (unpaired) electrons. The van der Waals surface area contributed by atoms with Gasteiger partial charge in [-0.05, 0) is 25.1 Å². The molecule has 2 rings (SSSR count). The largest absolute Gasteiger partial charge is 0.361 e. The number of hydrogen-bond acceptors (Lipinski definition) is 4. The molecule has 1 heterocycles. The summed E-state index contributed by atoms with van der Waals surface area (Å²) < 4.78 is 43.4. The van der Waals surface area contributed by atoms with Crippen LogP contribution in [0.25, 0.3) is 0 Å². The lowest BCUT2D eigenvalue weighted by Crippen LogP contribution is -2.26. The van der Waals surface area contributed by atoms with Crippen molar-refractivity contribution < 1.29 is 17.3 Å². The van der Waals surface area contributed by atoms with Crippen LogP contribution in [-0.4, -0.2) is 24.9 Å². The zero-order chi connectivity index (χ0) is 14.0. The minimum atomic E-state index is -3.74. The molecule has 0 bridgehead atoms. The summed E-state index contributed by atoms with van der Waals surface area (Å²) in [6.45, 7) is 1.79. The van der Waals surface area contributed by atoms with Crippen LogP contribution in [-0.2, 0) is 16.6 Å². The van der Waals surface area contributed by atoms with E-state index in [0.29, 0.717) is 11.5 Å². The van der Waals surface area contributed by atoms with Gasteiger partial charge in [0.05, 0.1) is 17.1 Å². The minimum Gasteiger partial charge on any atom is -0.361 e. The first-order valence-corrected chi connectivity index (χ1v) is 6.98. The van der Waals surface area contributed by atoms with E-state index in [4.69, 9.17) is 4.52 Å². The molecule has 0 saturated heterocycles. The lowest BCUT2D eigenvalue weighted by molar-refractivity contribution is 0.378. The molecular formula is C12H13FN2O3S. The number of halogens is 1. The molecule has 0 saturated carbocycles. The van der Waals surface area contributed by atoms with Crippen LogP contribution in [0, 0.1) is 12.7 Å². The zero-order valence-corrected chi connectivity index (χ0v) is 11.3. The number of sulfonamides is 1. The highest BCUT2D eigenvalue weighted by molar-refractivity contribution is 7.89. The van der Waals surface area contributed by atoms with Gasteiger partial charge in [0.25, 0.3) is 0 Å². The Hall–Kier alpha value is -1.73. The predicted molar refractivity (Wildman–Crippen MR) is 66.3 cm³/mol. The fourth-order valence-corrected chi connectivity index (χ4v) is 2.79. The Kier molecular flexibility index (Phi) is 3.68. The number of nitrogens with zero attached hydrogens (tertiary/aromatic N) is 2. The van der Waals surface area contributed by atoms with Gasteiger partial charge in [0.15, 0.2) is 0 Å². The smallest absolute Gasteiger partial charge is 0.243 e. The first-order chi connectivity index (χ1) is 8.89. The maximum atomic E-state index is 13.1. The predicted octanol–water partition coefficient (Wildman–Crippen LogP) is 1.94. The standard InChI is InChI=1S/C12H13FN2O3S/c1-9-6-11(14-18-9)8-15(2)19(16,17)12-5-3-4-10(13)7-12/h3-7H,8H2,1-2H3. The third-order valence-corrected chi connectivity index (χ3v) is 4.37. The zero-order valence-electron chi connectivity index (χ0n) is 10.5. The van der Waals surface area contributed by atoms with Gasteiger partial charge in [0.2, 0.25) is 10.0 Å². The van der Waals surface area contributed by atoms with Crippen molar-refractivity contribution in [1.82, 2.24) is 9.46 Å². The van der Waals surface area contributed by atoms with Gasteiger partial charge in [-0.3, -0.25) is 0 Å². The molecule has 5 nitrogen and oxygen atoms in total. The summed E-state index contributed by atoms with van der Waals surface area (Å²) in [7, 11) is -2.33. The second-order valence-electron chi connectivity index (χ2n) is 4.15. The quantitative estimate of drug-likeness (QED) is 0.860. The highest BCUT2D eigenvalue weighted by atomic mass is 32.2. The summed E-state index contributed by atoms with van der Waals surface area (Å²) in [6, 6.07) is 6.54. The Morgan fingerprint density at radius 2 is 2.11 bits per heavy atom. The van der Waals surface area contributed by atoms with Crippen LogP contribution >= 0.6 is 0 Å². The molecule has 0 unspecified atom stereocenters. The van der Waals surface area contributed by atoms with Crippen molar-refractivity contribution in [3.05, 3.63) is 47.6 Å². The van der Waals surface area contributed by atoms with Crippen molar-refractivity contribution in [2.45, 2.75) is 18.4 Å². The van der Waals surface area contributed by atoms with E-state index < -0.39 is 15.8 Å². The van der Waals surface area contributed by atoms with Gasteiger partial charge in [-0.15, -0.1) is 0 Å². The molecule has 0 N–H and O–H groups in total. The maximum absolute atomic E-state index is 13.1. The summed E-state index contributed by atoms with van der Waals surface area (Å²) in [5.41, 5.74) is 0.500. The van der Waals surface area contributed by atoms with Gasteiger partial charge in [-0.25, -0.2) is 12.8 Å². The van der Waals surface area contributed by atoms with Crippen molar-refractivity contribution in [2.75, 3.05) is 7.05 Å². The van der Waals surface area contributed by atoms with Crippen LogP contribution in [0.5, 0.6) is 0 Å². The molecule has 0 atom stereocenters. The average molecular weight is 284 g/mol. The molecular weight excluding hydrogens is 271 g/mol. The Balaban J connectivity index is 2.24. The molecule has 0 aliphatic carbocycles. The van der Waals surface area contributed by atoms with Crippen LogP contribution in [0.3, 0.4) is 0 Å². The van der Waals surface area contributed by atoms with Gasteiger partial charge in [-0.2, -0.15) is 4.31 Å². The van der Waals surface area contributed by atoms with Crippen LogP contribution in [0.1, 0.15) is 11.5 Å². The summed E-state index contributed by atoms with van der Waals surface area (Å²) in [6.07, 6.45) is 0. The lowest BCUT2D eigenvalue weighted by atomic mass is 10.4. The molecule has 1 aromatic carbocycles. The molecule has 19 heavy (non-hydrogen) atoms. The number of rotatable bonds is 4. The molecule has 7 heteroatoms. The Morgan fingerprint density at radius 3 is 2.68 bits per heavy atom. The number of aromatic nitrogens is 1. The molecule has 0 aliphatic heterocycles. The number of hydrogen-bond donors (Lipinski definition) is 0. The molecule has 0 spiro atoms. The second kappa shape index (κ2) is 5.10. The first-order valence-electron chi connectivity index (χ1n) is 5.54. The van der Waals surface area contributed by atoms with E-state index in [0.717, 1.165) is 10.4 Å². The van der Waals surface area contributed by atoms with Gasteiger partial charge in [0.1, 0.15) is 11.6 Å². The van der Waals surface area contributed by atoms with Gasteiger partial charge in [-0.1, -0.05) is 11.2 Å². The molecule has 0 fully saturated rings. The monoisotopic (exact) mass is 284 g/mol. The van der Waals surface area contributed by atoms with Crippen LogP contribution in [0.15, 0.2) is 39.8 Å². The van der Waals surface area contributed by atoms with Crippen molar-refractivity contribution in [3.8, 4) is 0 Å². The SMILES string of the molecule is Cc1cc(CN(C)S(=O)(=O)c2cccc(F)c2)no1. The lowest BCUT2D eigenvalue weighted by Gasteiger charge is -2.15. The fraction of sp³-hybridized carbons (Fsp3) is 0.250. The van der Waals surface area contributed by atoms with Crippen LogP contribution < -0.4 is 0 Å². The van der Waals surface area contributed by atoms with E-state index in [1.807, 2.05) is 0 Å². The fourth-order valence-electron chi connectivity index (χ4n) is 1.61. The van der Waals surface area contributed by atoms with Crippen molar-refractivity contribution >= 4 is 10.0 Å². The highest BCUT2D eigenvalue weighted by Crippen LogP contribution is 2.17. The van der Waals surface area contributed by atoms with Crippen LogP contribution in [0.2, 0.25) is 0 Å². The molecule has 2 aromatic rings. The van der Waals surface area contributed by atoms with E-state index in [2.05, 4.69) is 5.16 Å². The average Bonchev–Trinajstić information content (AvgIpc) is 2.74. The molecule has 0 aliphatic rings. The maximum Gasteiger partial charge on any atom is 0.243 e. The Bertz CT molecular complexity index is 682. The third-order valence-electron chi connectivity index (χ3n) is 2.57. The number of benzene rings is 1. The van der Waals surface area contributed by atoms with Gasteiger partial charge in [0, 0.05) is 13.1 Å². The van der Waals surface area contributed by atoms with Gasteiger partial charge >= 0.3 is 0 Å². The minimum absolute atomic E-state index is 0.0657. The van der Waals surface area contributed by atoms with E-state index in [-0.39, 0.29) is 11.4 Å². The van der Waals surface area contributed by atoms with E-state index in [1.165, 1.54) is 25.2 Å². The Labute approximate surface area is 110 Å². The van der Waals surface area contributed by atoms with Crippen LogP contribution in [0.4, 0.5) is 4.39 Å². The summed E-state index contributed by atoms with van der Waals surface area (Å²) in [4.78, 5) is -0.0878. The Morgan fingerprint density at radius 1 is 1.37 bits per heavy atom. The first kappa shape index (κ1) is 13.7. The number of aryl methyl sites for hydroxylation is 1. The van der Waals surface area contributed by atoms with Crippen molar-refractivity contribution in [2.24, 2.45) is 0 Å². The van der Waals surface area contributed by atoms with Gasteiger partial charge < -0.3 is 4.52 Å². The highest BCUT2D eigenvalue weighted by Gasteiger charge is 2.22. The molecule has 1 aromatic heterocycles. The summed E-state index contributed by atoms with van der Waals surface area (Å²) >= 11 is 0. The van der Waals surface area contributed by atoms with E-state index >= 15 is 0 Å². The topological polar surface area (TPSA) is 63.4 Å². The second-order valence-corrected chi connectivity index (χ2v) is 6.19. The van der Waals surface area contributed by atoms with Crippen molar-refractivity contribution in [3.63, 3.8) is 0 Å². The molecule has 102 valence electrons. The van der Waals surface area contributed by atoms with E-state index in [9.17, 15) is 12.8 Å². The third kappa shape index (κ3) is 2.99. The molecule has 0 amide bonds. The normalized spacial score (nSPS) is 12.0. The van der Waals surface area contributed by atoms with E-state index in [1.54, 1.807) is 13.0 Å². The summed E-state index contributed by atoms with van der Waals surface area (Å²) in [5, 5.41) is 3.73.